The van der Waals surface area contributed by atoms with Gasteiger partial charge in [0.25, 0.3) is 9.05 Å². The Morgan fingerprint density at radius 2 is 1.75 bits per heavy atom. The second-order valence-electron chi connectivity index (χ2n) is 3.34. The molecule has 0 atom stereocenters. The lowest BCUT2D eigenvalue weighted by atomic mass is 10.0. The number of halogens is 1. The van der Waals surface area contributed by atoms with E-state index in [2.05, 4.69) is 0 Å². The monoisotopic (exact) mass is 257 g/mol. The van der Waals surface area contributed by atoms with E-state index in [4.69, 9.17) is 15.9 Å². The maximum atomic E-state index is 11.5. The molecule has 0 heterocycles. The van der Waals surface area contributed by atoms with Crippen LogP contribution in [-0.2, 0) is 21.9 Å². The van der Waals surface area contributed by atoms with Gasteiger partial charge in [0.2, 0.25) is 0 Å². The first kappa shape index (κ1) is 13.0. The van der Waals surface area contributed by atoms with Crippen LogP contribution in [0.4, 0.5) is 0 Å². The van der Waals surface area contributed by atoms with E-state index in [-0.39, 0.29) is 10.5 Å². The molecular weight excluding hydrogens is 246 g/mol. The molecule has 86 valence electrons. The Hall–Kier alpha value is -1.05. The summed E-state index contributed by atoms with van der Waals surface area (Å²) in [5.74, 6) is 0. The highest BCUT2D eigenvalue weighted by Gasteiger charge is 2.21. The summed E-state index contributed by atoms with van der Waals surface area (Å²) in [4.78, 5) is -0.0292. The molecule has 0 bridgehead atoms. The zero-order chi connectivity index (χ0) is 12.3. The minimum Gasteiger partial charge on any atom is -0.207 e. The molecule has 1 aromatic carbocycles. The first-order valence-corrected chi connectivity index (χ1v) is 7.26. The molecule has 0 saturated carbocycles. The highest BCUT2D eigenvalue weighted by Crippen LogP contribution is 2.27. The van der Waals surface area contributed by atoms with Gasteiger partial charge in [-0.2, -0.15) is 5.26 Å². The van der Waals surface area contributed by atoms with Gasteiger partial charge in [0, 0.05) is 10.7 Å². The number of hydrogen-bond donors (Lipinski definition) is 0. The summed E-state index contributed by atoms with van der Waals surface area (Å²) in [5.41, 5.74) is 1.47. The van der Waals surface area contributed by atoms with Crippen LogP contribution in [0.3, 0.4) is 0 Å². The predicted octanol–water partition coefficient (Wildman–Crippen LogP) is 2.61. The summed E-state index contributed by atoms with van der Waals surface area (Å²) in [6.07, 6.45) is 1.13. The Morgan fingerprint density at radius 3 is 2.12 bits per heavy atom. The zero-order valence-electron chi connectivity index (χ0n) is 9.12. The lowest BCUT2D eigenvalue weighted by molar-refractivity contribution is 0.608. The van der Waals surface area contributed by atoms with Crippen molar-refractivity contribution in [2.24, 2.45) is 0 Å². The van der Waals surface area contributed by atoms with Crippen molar-refractivity contribution in [1.29, 1.82) is 5.26 Å². The molecule has 0 N–H and O–H groups in total. The van der Waals surface area contributed by atoms with E-state index in [9.17, 15) is 8.42 Å². The number of rotatable bonds is 3. The molecular formula is C11H12ClNO2S. The third-order valence-electron chi connectivity index (χ3n) is 2.44. The molecule has 5 heteroatoms. The van der Waals surface area contributed by atoms with Crippen molar-refractivity contribution >= 4 is 19.7 Å². The Kier molecular flexibility index (Phi) is 3.95. The number of aryl methyl sites for hydroxylation is 2. The van der Waals surface area contributed by atoms with Crippen LogP contribution in [0.2, 0.25) is 0 Å². The van der Waals surface area contributed by atoms with Gasteiger partial charge < -0.3 is 0 Å². The van der Waals surface area contributed by atoms with E-state index in [1.165, 1.54) is 0 Å². The van der Waals surface area contributed by atoms with Crippen LogP contribution in [-0.4, -0.2) is 8.42 Å². The Labute approximate surface area is 100 Å². The molecule has 0 radical (unpaired) electrons. The lowest BCUT2D eigenvalue weighted by Gasteiger charge is -2.10. The highest BCUT2D eigenvalue weighted by molar-refractivity contribution is 8.13. The van der Waals surface area contributed by atoms with Crippen molar-refractivity contribution in [2.45, 2.75) is 31.6 Å². The van der Waals surface area contributed by atoms with E-state index in [1.807, 2.05) is 19.9 Å². The minimum absolute atomic E-state index is 0.0292. The van der Waals surface area contributed by atoms with Crippen LogP contribution < -0.4 is 0 Å². The van der Waals surface area contributed by atoms with Crippen LogP contribution in [0, 0.1) is 11.3 Å². The van der Waals surface area contributed by atoms with Gasteiger partial charge in [0.1, 0.15) is 11.0 Å². The van der Waals surface area contributed by atoms with Crippen molar-refractivity contribution in [1.82, 2.24) is 0 Å². The molecule has 3 nitrogen and oxygen atoms in total. The molecule has 1 rings (SSSR count). The summed E-state index contributed by atoms with van der Waals surface area (Å²) in [5, 5.41) is 9.04. The number of benzene rings is 1. The van der Waals surface area contributed by atoms with Gasteiger partial charge in [-0.15, -0.1) is 0 Å². The van der Waals surface area contributed by atoms with Crippen LogP contribution in [0.5, 0.6) is 0 Å². The topological polar surface area (TPSA) is 57.9 Å². The van der Waals surface area contributed by atoms with Gasteiger partial charge in [0.05, 0.1) is 5.56 Å². The second kappa shape index (κ2) is 4.86. The molecule has 16 heavy (non-hydrogen) atoms. The SMILES string of the molecule is CCc1ccc(CC)c(S(=O)(=O)Cl)c1C#N. The number of nitrogens with zero attached hydrogens (tertiary/aromatic N) is 1. The average Bonchev–Trinajstić information content (AvgIpc) is 2.25. The predicted molar refractivity (Wildman–Crippen MR) is 63.0 cm³/mol. The molecule has 0 aliphatic heterocycles. The third kappa shape index (κ3) is 2.37. The van der Waals surface area contributed by atoms with Crippen LogP contribution in [0.25, 0.3) is 0 Å². The van der Waals surface area contributed by atoms with Crippen molar-refractivity contribution in [2.75, 3.05) is 0 Å². The fourth-order valence-corrected chi connectivity index (χ4v) is 3.12. The zero-order valence-corrected chi connectivity index (χ0v) is 10.7. The van der Waals surface area contributed by atoms with Gasteiger partial charge >= 0.3 is 0 Å². The molecule has 0 amide bonds. The van der Waals surface area contributed by atoms with E-state index in [0.717, 1.165) is 0 Å². The quantitative estimate of drug-likeness (QED) is 0.782. The van der Waals surface area contributed by atoms with Gasteiger partial charge in [-0.1, -0.05) is 26.0 Å². The molecule has 0 unspecified atom stereocenters. The molecule has 0 aliphatic carbocycles. The second-order valence-corrected chi connectivity index (χ2v) is 5.85. The van der Waals surface area contributed by atoms with E-state index in [1.54, 1.807) is 12.1 Å². The highest BCUT2D eigenvalue weighted by atomic mass is 35.7. The van der Waals surface area contributed by atoms with Gasteiger partial charge in [0.15, 0.2) is 0 Å². The standard InChI is InChI=1S/C11H12ClNO2S/c1-3-8-5-6-9(4-2)11(10(8)7-13)16(12,14)15/h5-6H,3-4H2,1-2H3. The largest absolute Gasteiger partial charge is 0.262 e. The van der Waals surface area contributed by atoms with Crippen molar-refractivity contribution in [3.63, 3.8) is 0 Å². The first-order valence-electron chi connectivity index (χ1n) is 4.95. The van der Waals surface area contributed by atoms with Crippen LogP contribution in [0.1, 0.15) is 30.5 Å². The van der Waals surface area contributed by atoms with Gasteiger partial charge in [-0.05, 0) is 24.0 Å². The average molecular weight is 258 g/mol. The lowest BCUT2D eigenvalue weighted by Crippen LogP contribution is -2.04. The first-order chi connectivity index (χ1) is 7.45. The molecule has 0 saturated heterocycles. The summed E-state index contributed by atoms with van der Waals surface area (Å²) < 4.78 is 22.9. The fraction of sp³-hybridized carbons (Fsp3) is 0.364. The maximum Gasteiger partial charge on any atom is 0.262 e. The van der Waals surface area contributed by atoms with Gasteiger partial charge in [-0.25, -0.2) is 8.42 Å². The summed E-state index contributed by atoms with van der Waals surface area (Å²) in [7, 11) is 1.51. The molecule has 1 aromatic rings. The van der Waals surface area contributed by atoms with Gasteiger partial charge in [-0.3, -0.25) is 0 Å². The van der Waals surface area contributed by atoms with E-state index in [0.29, 0.717) is 24.0 Å². The number of hydrogen-bond acceptors (Lipinski definition) is 3. The maximum absolute atomic E-state index is 11.5. The normalized spacial score (nSPS) is 11.1. The smallest absolute Gasteiger partial charge is 0.207 e. The summed E-state index contributed by atoms with van der Waals surface area (Å²) in [6, 6.07) is 5.43. The number of nitriles is 1. The molecule has 0 spiro atoms. The van der Waals surface area contributed by atoms with Crippen molar-refractivity contribution in [3.05, 3.63) is 28.8 Å². The van der Waals surface area contributed by atoms with E-state index >= 15 is 0 Å². The molecule has 0 aliphatic rings. The summed E-state index contributed by atoms with van der Waals surface area (Å²) >= 11 is 0. The third-order valence-corrected chi connectivity index (χ3v) is 3.86. The summed E-state index contributed by atoms with van der Waals surface area (Å²) in [6.45, 7) is 3.69. The fourth-order valence-electron chi connectivity index (χ4n) is 1.64. The van der Waals surface area contributed by atoms with Crippen molar-refractivity contribution < 1.29 is 8.42 Å². The van der Waals surface area contributed by atoms with E-state index < -0.39 is 9.05 Å². The Bertz CT molecular complexity index is 544. The molecule has 0 aromatic heterocycles. The Morgan fingerprint density at radius 1 is 1.25 bits per heavy atom. The van der Waals surface area contributed by atoms with Crippen LogP contribution in [0.15, 0.2) is 17.0 Å². The molecule has 0 fully saturated rings. The minimum atomic E-state index is -3.87. The van der Waals surface area contributed by atoms with Crippen LogP contribution >= 0.6 is 10.7 Å². The Balaban J connectivity index is 3.72. The van der Waals surface area contributed by atoms with Crippen molar-refractivity contribution in [3.8, 4) is 6.07 Å².